The zero-order valence-electron chi connectivity index (χ0n) is 37.8. The van der Waals surface area contributed by atoms with Crippen LogP contribution in [0.5, 0.6) is 0 Å². The Bertz CT molecular complexity index is 2320. The van der Waals surface area contributed by atoms with Crippen molar-refractivity contribution < 1.29 is 38.4 Å². The molecule has 22 nitrogen and oxygen atoms in total. The largest absolute Gasteiger partial charge is 0.370 e. The number of carbonyl (C=O) groups is 8. The number of hydrogen-bond donors (Lipinski definition) is 13. The summed E-state index contributed by atoms with van der Waals surface area (Å²) in [6.45, 7) is 4.22. The molecule has 22 heteroatoms. The third kappa shape index (κ3) is 17.3. The van der Waals surface area contributed by atoms with E-state index in [4.69, 9.17) is 16.9 Å². The lowest BCUT2D eigenvalue weighted by Gasteiger charge is -2.26. The highest BCUT2D eigenvalue weighted by molar-refractivity contribution is 5.97. The molecule has 0 aliphatic heterocycles. The molecule has 360 valence electrons. The molecular formula is C45H62N14O8. The number of aromatic nitrogens is 3. The van der Waals surface area contributed by atoms with Crippen LogP contribution in [0.4, 0.5) is 0 Å². The van der Waals surface area contributed by atoms with Crippen molar-refractivity contribution >= 4 is 64.1 Å². The van der Waals surface area contributed by atoms with Crippen LogP contribution < -0.4 is 54.0 Å². The van der Waals surface area contributed by atoms with Crippen LogP contribution in [-0.2, 0) is 57.6 Å². The lowest BCUT2D eigenvalue weighted by molar-refractivity contribution is -0.135. The molecule has 0 saturated carbocycles. The number of carbonyl (C=O) groups excluding carboxylic acids is 8. The van der Waals surface area contributed by atoms with Crippen LogP contribution in [0.1, 0.15) is 69.7 Å². The third-order valence-corrected chi connectivity index (χ3v) is 10.6. The zero-order chi connectivity index (χ0) is 48.9. The Morgan fingerprint density at radius 1 is 0.672 bits per heavy atom. The van der Waals surface area contributed by atoms with Gasteiger partial charge in [0, 0.05) is 56.0 Å². The van der Waals surface area contributed by atoms with E-state index in [1.165, 1.54) is 26.4 Å². The molecule has 2 aromatic carbocycles. The van der Waals surface area contributed by atoms with Gasteiger partial charge < -0.3 is 64.0 Å². The summed E-state index contributed by atoms with van der Waals surface area (Å²) in [5.74, 6) is -5.88. The Balaban J connectivity index is 1.50. The van der Waals surface area contributed by atoms with Crippen LogP contribution in [0.2, 0.25) is 0 Å². The van der Waals surface area contributed by atoms with Crippen LogP contribution in [0, 0.1) is 5.41 Å². The zero-order valence-corrected chi connectivity index (χ0v) is 37.8. The lowest BCUT2D eigenvalue weighted by atomic mass is 10.0. The van der Waals surface area contributed by atoms with Gasteiger partial charge in [-0.25, -0.2) is 4.98 Å². The predicted molar refractivity (Wildman–Crippen MR) is 248 cm³/mol. The average molecular weight is 927 g/mol. The van der Waals surface area contributed by atoms with E-state index in [-0.39, 0.29) is 44.6 Å². The number of nitrogens with zero attached hydrogens (tertiary/aromatic N) is 1. The molecule has 67 heavy (non-hydrogen) atoms. The number of para-hydroxylation sites is 1. The first-order valence-corrected chi connectivity index (χ1v) is 22.0. The Morgan fingerprint density at radius 2 is 1.30 bits per heavy atom. The second-order valence-corrected chi connectivity index (χ2v) is 16.1. The molecule has 0 aliphatic carbocycles. The van der Waals surface area contributed by atoms with Gasteiger partial charge in [0.1, 0.15) is 36.3 Å². The maximum absolute atomic E-state index is 14.3. The number of nitrogens with one attached hydrogen (secondary N) is 11. The smallest absolute Gasteiger partial charge is 0.243 e. The van der Waals surface area contributed by atoms with E-state index >= 15 is 0 Å². The highest BCUT2D eigenvalue weighted by atomic mass is 16.2. The van der Waals surface area contributed by atoms with Gasteiger partial charge in [-0.05, 0) is 43.4 Å². The van der Waals surface area contributed by atoms with Crippen LogP contribution >= 0.6 is 0 Å². The monoisotopic (exact) mass is 926 g/mol. The molecule has 4 rings (SSSR count). The van der Waals surface area contributed by atoms with Crippen LogP contribution in [0.15, 0.2) is 73.3 Å². The fourth-order valence-corrected chi connectivity index (χ4v) is 7.10. The molecular weight excluding hydrogens is 865 g/mol. The SMILES string of the molecule is CCCC[C@H](NC(C)=O)C(=O)N[C@@H](C)C(=O)N[C@@H](Cc1c[nH]cn1)C(=O)N[C@@H](Cc1ccccc1)C(=O)N[C@@H](CCCNC(=N)N)C(=O)NCC(=O)N[C@@H](Cc1c[nH]c2ccccc12)C(N)=O. The predicted octanol–water partition coefficient (Wildman–Crippen LogP) is -1.08. The number of H-pyrrole nitrogens is 2. The molecule has 4 aromatic rings. The summed E-state index contributed by atoms with van der Waals surface area (Å²) in [6.07, 6.45) is 6.53. The number of rotatable bonds is 27. The van der Waals surface area contributed by atoms with Crippen molar-refractivity contribution in [2.45, 2.75) is 108 Å². The Morgan fingerprint density at radius 3 is 1.96 bits per heavy atom. The van der Waals surface area contributed by atoms with Crippen molar-refractivity contribution in [3.05, 3.63) is 90.1 Å². The summed E-state index contributed by atoms with van der Waals surface area (Å²) in [5.41, 5.74) is 13.7. The Hall–Kier alpha value is -7.78. The van der Waals surface area contributed by atoms with Crippen LogP contribution in [0.25, 0.3) is 10.9 Å². The van der Waals surface area contributed by atoms with Crippen LogP contribution in [0.3, 0.4) is 0 Å². The van der Waals surface area contributed by atoms with E-state index in [2.05, 4.69) is 57.5 Å². The molecule has 0 saturated heterocycles. The van der Waals surface area contributed by atoms with Gasteiger partial charge in [0.05, 0.1) is 18.6 Å². The molecule has 0 radical (unpaired) electrons. The Kier molecular flexibility index (Phi) is 20.3. The van der Waals surface area contributed by atoms with Gasteiger partial charge in [0.2, 0.25) is 47.3 Å². The highest BCUT2D eigenvalue weighted by Gasteiger charge is 2.32. The van der Waals surface area contributed by atoms with Gasteiger partial charge >= 0.3 is 0 Å². The fourth-order valence-electron chi connectivity index (χ4n) is 7.10. The van der Waals surface area contributed by atoms with Gasteiger partial charge in [-0.3, -0.25) is 43.8 Å². The first-order valence-electron chi connectivity index (χ1n) is 22.0. The van der Waals surface area contributed by atoms with Gasteiger partial charge in [0.15, 0.2) is 5.96 Å². The van der Waals surface area contributed by atoms with E-state index < -0.39 is 90.1 Å². The van der Waals surface area contributed by atoms with Crippen molar-refractivity contribution in [1.82, 2.24) is 57.5 Å². The maximum Gasteiger partial charge on any atom is 0.243 e. The number of primary amides is 1. The minimum Gasteiger partial charge on any atom is -0.370 e. The van der Waals surface area contributed by atoms with Crippen molar-refractivity contribution in [1.29, 1.82) is 5.41 Å². The van der Waals surface area contributed by atoms with E-state index in [1.54, 1.807) is 36.5 Å². The fraction of sp³-hybridized carbons (Fsp3) is 0.422. The molecule has 2 aromatic heterocycles. The first-order chi connectivity index (χ1) is 32.0. The van der Waals surface area contributed by atoms with Gasteiger partial charge in [-0.2, -0.15) is 0 Å². The summed E-state index contributed by atoms with van der Waals surface area (Å²) in [4.78, 5) is 116. The maximum atomic E-state index is 14.3. The number of amides is 8. The quantitative estimate of drug-likeness (QED) is 0.0194. The molecule has 0 unspecified atom stereocenters. The molecule has 6 atom stereocenters. The minimum atomic E-state index is -1.32. The number of hydrogen-bond acceptors (Lipinski definition) is 10. The third-order valence-electron chi connectivity index (χ3n) is 10.6. The molecule has 0 bridgehead atoms. The molecule has 8 amide bonds. The Labute approximate surface area is 387 Å². The first kappa shape index (κ1) is 51.9. The summed E-state index contributed by atoms with van der Waals surface area (Å²) in [6, 6.07) is 9.10. The summed E-state index contributed by atoms with van der Waals surface area (Å²) < 4.78 is 0. The van der Waals surface area contributed by atoms with Gasteiger partial charge in [0.25, 0.3) is 0 Å². The van der Waals surface area contributed by atoms with E-state index in [0.29, 0.717) is 24.1 Å². The van der Waals surface area contributed by atoms with Gasteiger partial charge in [-0.1, -0.05) is 68.3 Å². The average Bonchev–Trinajstić information content (AvgIpc) is 3.97. The van der Waals surface area contributed by atoms with E-state index in [0.717, 1.165) is 22.9 Å². The summed E-state index contributed by atoms with van der Waals surface area (Å²) >= 11 is 0. The normalized spacial score (nSPS) is 13.6. The van der Waals surface area contributed by atoms with E-state index in [1.807, 2.05) is 31.2 Å². The number of benzene rings is 2. The standard InChI is InChI=1S/C45H62N14O8/c1-4-5-15-34(55-27(3)60)42(65)54-26(2)40(63)58-37(21-30-23-49-25-53-30)44(67)59-36(19-28-12-7-6-8-13-28)43(66)57-33(17-11-18-50-45(47)48)41(64)52-24-38(61)56-35(39(46)62)20-29-22-51-32-16-10-9-14-31(29)32/h6-10,12-14,16,22-23,25-26,33-37,51H,4-5,11,15,17-21,24H2,1-3H3,(H2,46,62)(H,49,53)(H,52,64)(H,54,65)(H,55,60)(H,56,61)(H,57,66)(H,58,63)(H,59,67)(H4,47,48,50)/t26-,33-,34-,35-,36-,37-/m0/s1. The number of nitrogens with two attached hydrogens (primary N) is 2. The molecule has 0 fully saturated rings. The molecule has 15 N–H and O–H groups in total. The molecule has 0 spiro atoms. The second-order valence-electron chi connectivity index (χ2n) is 16.1. The van der Waals surface area contributed by atoms with Crippen molar-refractivity contribution in [3.63, 3.8) is 0 Å². The van der Waals surface area contributed by atoms with Gasteiger partial charge in [-0.15, -0.1) is 0 Å². The van der Waals surface area contributed by atoms with Crippen molar-refractivity contribution in [3.8, 4) is 0 Å². The second kappa shape index (κ2) is 26.2. The summed E-state index contributed by atoms with van der Waals surface area (Å²) in [5, 5.41) is 29.3. The lowest BCUT2D eigenvalue weighted by Crippen LogP contribution is -2.59. The molecule has 0 aliphatic rings. The summed E-state index contributed by atoms with van der Waals surface area (Å²) in [7, 11) is 0. The highest BCUT2D eigenvalue weighted by Crippen LogP contribution is 2.19. The topological polar surface area (TPSA) is 353 Å². The van der Waals surface area contributed by atoms with Crippen molar-refractivity contribution in [2.75, 3.05) is 13.1 Å². The number of unbranched alkanes of at least 4 members (excludes halogenated alkanes) is 1. The number of imidazole rings is 1. The number of aromatic amines is 2. The van der Waals surface area contributed by atoms with E-state index in [9.17, 15) is 38.4 Å². The number of fused-ring (bicyclic) bond motifs is 1. The molecule has 2 heterocycles. The minimum absolute atomic E-state index is 0.00135. The number of guanidine groups is 1. The van der Waals surface area contributed by atoms with Crippen molar-refractivity contribution in [2.24, 2.45) is 11.5 Å². The van der Waals surface area contributed by atoms with Crippen LogP contribution in [-0.4, -0.2) is 118 Å².